The highest BCUT2D eigenvalue weighted by molar-refractivity contribution is 6.00. The lowest BCUT2D eigenvalue weighted by Gasteiger charge is -2.41. The quantitative estimate of drug-likeness (QED) is 0.822. The minimum Gasteiger partial charge on any atom is -0.496 e. The van der Waals surface area contributed by atoms with Crippen LogP contribution in [0.15, 0.2) is 6.07 Å². The standard InChI is InChI=1S/C15H20O6/c1-7(16)10-8(19-4)6-9(20-5)11-12(17)14(18)15(2,3)21-13(10)11/h6,12,14,17-18H,1-5H3/t12-,14-/m0/s1. The third-order valence-corrected chi connectivity index (χ3v) is 3.71. The van der Waals surface area contributed by atoms with Gasteiger partial charge in [-0.15, -0.1) is 0 Å². The predicted octanol–water partition coefficient (Wildman–Crippen LogP) is 1.47. The Kier molecular flexibility index (Phi) is 3.86. The molecular weight excluding hydrogens is 276 g/mol. The smallest absolute Gasteiger partial charge is 0.167 e. The highest BCUT2D eigenvalue weighted by Gasteiger charge is 2.45. The van der Waals surface area contributed by atoms with Crippen LogP contribution >= 0.6 is 0 Å². The Hall–Kier alpha value is -1.79. The number of carbonyl (C=O) groups is 1. The first kappa shape index (κ1) is 15.6. The second kappa shape index (κ2) is 5.20. The summed E-state index contributed by atoms with van der Waals surface area (Å²) in [5.41, 5.74) is -0.559. The Morgan fingerprint density at radius 3 is 2.29 bits per heavy atom. The van der Waals surface area contributed by atoms with Gasteiger partial charge in [-0.05, 0) is 20.8 Å². The van der Waals surface area contributed by atoms with Crippen molar-refractivity contribution in [1.82, 2.24) is 0 Å². The van der Waals surface area contributed by atoms with Crippen molar-refractivity contribution in [3.8, 4) is 17.2 Å². The Morgan fingerprint density at radius 1 is 1.24 bits per heavy atom. The van der Waals surface area contributed by atoms with Crippen LogP contribution in [-0.2, 0) is 0 Å². The van der Waals surface area contributed by atoms with Crippen LogP contribution in [0, 0.1) is 0 Å². The van der Waals surface area contributed by atoms with Crippen molar-refractivity contribution in [2.45, 2.75) is 38.6 Å². The van der Waals surface area contributed by atoms with Gasteiger partial charge in [-0.25, -0.2) is 0 Å². The molecule has 0 fully saturated rings. The second-order valence-corrected chi connectivity index (χ2v) is 5.55. The van der Waals surface area contributed by atoms with E-state index in [1.165, 1.54) is 27.2 Å². The van der Waals surface area contributed by atoms with Crippen LogP contribution in [-0.4, -0.2) is 41.9 Å². The largest absolute Gasteiger partial charge is 0.496 e. The van der Waals surface area contributed by atoms with Crippen LogP contribution in [0.3, 0.4) is 0 Å². The first-order valence-electron chi connectivity index (χ1n) is 6.59. The average Bonchev–Trinajstić information content (AvgIpc) is 2.42. The Morgan fingerprint density at radius 2 is 1.81 bits per heavy atom. The summed E-state index contributed by atoms with van der Waals surface area (Å²) >= 11 is 0. The summed E-state index contributed by atoms with van der Waals surface area (Å²) in [6.07, 6.45) is -2.37. The van der Waals surface area contributed by atoms with Crippen LogP contribution in [0.5, 0.6) is 17.2 Å². The van der Waals surface area contributed by atoms with Crippen LogP contribution in [0.2, 0.25) is 0 Å². The van der Waals surface area contributed by atoms with Crippen LogP contribution in [0.1, 0.15) is 42.8 Å². The lowest BCUT2D eigenvalue weighted by Crippen LogP contribution is -2.49. The topological polar surface area (TPSA) is 85.2 Å². The van der Waals surface area contributed by atoms with Crippen molar-refractivity contribution in [2.24, 2.45) is 0 Å². The van der Waals surface area contributed by atoms with Gasteiger partial charge in [0.15, 0.2) is 5.78 Å². The normalized spacial score (nSPS) is 23.0. The van der Waals surface area contributed by atoms with E-state index in [4.69, 9.17) is 14.2 Å². The molecule has 0 unspecified atom stereocenters. The molecule has 0 radical (unpaired) electrons. The molecule has 0 spiro atoms. The molecule has 6 heteroatoms. The van der Waals surface area contributed by atoms with Crippen LogP contribution < -0.4 is 14.2 Å². The molecule has 2 rings (SSSR count). The van der Waals surface area contributed by atoms with Gasteiger partial charge in [0.25, 0.3) is 0 Å². The number of aliphatic hydroxyl groups excluding tert-OH is 2. The molecule has 2 N–H and O–H groups in total. The number of methoxy groups -OCH3 is 2. The summed E-state index contributed by atoms with van der Waals surface area (Å²) in [6.45, 7) is 4.66. The highest BCUT2D eigenvalue weighted by Crippen LogP contribution is 2.49. The summed E-state index contributed by atoms with van der Waals surface area (Å²) in [5.74, 6) is 0.540. The number of hydrogen-bond donors (Lipinski definition) is 2. The van der Waals surface area contributed by atoms with Crippen LogP contribution in [0.25, 0.3) is 0 Å². The van der Waals surface area contributed by atoms with Gasteiger partial charge in [0.05, 0.1) is 19.8 Å². The van der Waals surface area contributed by atoms with E-state index >= 15 is 0 Å². The molecule has 1 aliphatic rings. The maximum atomic E-state index is 12.0. The summed E-state index contributed by atoms with van der Waals surface area (Å²) in [4.78, 5) is 12.0. The fourth-order valence-electron chi connectivity index (χ4n) is 2.54. The van der Waals surface area contributed by atoms with E-state index in [0.717, 1.165) is 0 Å². The Labute approximate surface area is 123 Å². The van der Waals surface area contributed by atoms with Crippen molar-refractivity contribution >= 4 is 5.78 Å². The predicted molar refractivity (Wildman–Crippen MR) is 75.2 cm³/mol. The molecule has 0 saturated carbocycles. The van der Waals surface area contributed by atoms with Crippen molar-refractivity contribution in [2.75, 3.05) is 14.2 Å². The molecule has 0 saturated heterocycles. The van der Waals surface area contributed by atoms with Gasteiger partial charge in [-0.1, -0.05) is 0 Å². The molecule has 6 nitrogen and oxygen atoms in total. The molecule has 1 aliphatic heterocycles. The Balaban J connectivity index is 2.81. The molecule has 116 valence electrons. The average molecular weight is 296 g/mol. The van der Waals surface area contributed by atoms with E-state index in [9.17, 15) is 15.0 Å². The number of ketones is 1. The lowest BCUT2D eigenvalue weighted by molar-refractivity contribution is -0.112. The Bertz CT molecular complexity index is 578. The molecule has 0 amide bonds. The number of ether oxygens (including phenoxy) is 3. The fraction of sp³-hybridized carbons (Fsp3) is 0.533. The van der Waals surface area contributed by atoms with Crippen molar-refractivity contribution in [1.29, 1.82) is 0 Å². The minimum absolute atomic E-state index is 0.196. The molecule has 1 aromatic rings. The molecule has 0 bridgehead atoms. The fourth-order valence-corrected chi connectivity index (χ4v) is 2.54. The lowest BCUT2D eigenvalue weighted by atomic mass is 9.86. The maximum absolute atomic E-state index is 12.0. The van der Waals surface area contributed by atoms with Crippen molar-refractivity contribution < 1.29 is 29.2 Å². The molecule has 1 heterocycles. The molecule has 0 aliphatic carbocycles. The first-order valence-corrected chi connectivity index (χ1v) is 6.59. The van der Waals surface area contributed by atoms with E-state index in [-0.39, 0.29) is 22.7 Å². The molecule has 2 atom stereocenters. The number of carbonyl (C=O) groups excluding carboxylic acids is 1. The van der Waals surface area contributed by atoms with Gasteiger partial charge in [0.1, 0.15) is 40.6 Å². The number of aliphatic hydroxyl groups is 2. The maximum Gasteiger partial charge on any atom is 0.167 e. The number of fused-ring (bicyclic) bond motifs is 1. The third kappa shape index (κ3) is 2.34. The van der Waals surface area contributed by atoms with Crippen molar-refractivity contribution in [3.63, 3.8) is 0 Å². The highest BCUT2D eigenvalue weighted by atomic mass is 16.5. The van der Waals surface area contributed by atoms with E-state index in [0.29, 0.717) is 11.5 Å². The van der Waals surface area contributed by atoms with Crippen LogP contribution in [0.4, 0.5) is 0 Å². The molecule has 1 aromatic carbocycles. The molecule has 21 heavy (non-hydrogen) atoms. The SMILES string of the molecule is COc1cc(OC)c2c(c1C(C)=O)OC(C)(C)[C@@H](O)[C@H]2O. The number of rotatable bonds is 3. The van der Waals surface area contributed by atoms with Gasteiger partial charge in [-0.2, -0.15) is 0 Å². The first-order chi connectivity index (χ1) is 9.74. The van der Waals surface area contributed by atoms with Crippen molar-refractivity contribution in [3.05, 3.63) is 17.2 Å². The summed E-state index contributed by atoms with van der Waals surface area (Å²) in [5, 5.41) is 20.6. The monoisotopic (exact) mass is 296 g/mol. The summed E-state index contributed by atoms with van der Waals surface area (Å²) in [6, 6.07) is 1.51. The second-order valence-electron chi connectivity index (χ2n) is 5.55. The third-order valence-electron chi connectivity index (χ3n) is 3.71. The van der Waals surface area contributed by atoms with Gasteiger partial charge < -0.3 is 24.4 Å². The molecule has 0 aromatic heterocycles. The number of Topliss-reactive ketones (excluding diaryl/α,β-unsaturated/α-hetero) is 1. The number of hydrogen-bond acceptors (Lipinski definition) is 6. The van der Waals surface area contributed by atoms with Gasteiger partial charge in [0.2, 0.25) is 0 Å². The van der Waals surface area contributed by atoms with E-state index < -0.39 is 17.8 Å². The van der Waals surface area contributed by atoms with Gasteiger partial charge >= 0.3 is 0 Å². The van der Waals surface area contributed by atoms with Gasteiger partial charge in [-0.3, -0.25) is 4.79 Å². The summed E-state index contributed by atoms with van der Waals surface area (Å²) < 4.78 is 16.2. The van der Waals surface area contributed by atoms with E-state index in [1.807, 2.05) is 0 Å². The zero-order chi connectivity index (χ0) is 15.9. The summed E-state index contributed by atoms with van der Waals surface area (Å²) in [7, 11) is 2.87. The number of benzene rings is 1. The minimum atomic E-state index is -1.22. The zero-order valence-electron chi connectivity index (χ0n) is 12.8. The zero-order valence-corrected chi connectivity index (χ0v) is 12.8. The van der Waals surface area contributed by atoms with E-state index in [2.05, 4.69) is 0 Å². The molecular formula is C15H20O6. The van der Waals surface area contributed by atoms with Gasteiger partial charge in [0, 0.05) is 6.07 Å². The van der Waals surface area contributed by atoms with E-state index in [1.54, 1.807) is 13.8 Å².